The van der Waals surface area contributed by atoms with E-state index in [2.05, 4.69) is 41.1 Å². The van der Waals surface area contributed by atoms with Gasteiger partial charge in [0.1, 0.15) is 6.04 Å². The first kappa shape index (κ1) is 23.0. The van der Waals surface area contributed by atoms with Crippen LogP contribution < -0.4 is 11.1 Å². The van der Waals surface area contributed by atoms with Crippen molar-refractivity contribution in [2.24, 2.45) is 5.73 Å². The average molecular weight is 409 g/mol. The van der Waals surface area contributed by atoms with Gasteiger partial charge in [-0.2, -0.15) is 0 Å². The predicted molar refractivity (Wildman–Crippen MR) is 117 cm³/mol. The van der Waals surface area contributed by atoms with Gasteiger partial charge in [0, 0.05) is 25.0 Å². The lowest BCUT2D eigenvalue weighted by Crippen LogP contribution is -2.27. The molecule has 0 saturated heterocycles. The summed E-state index contributed by atoms with van der Waals surface area (Å²) in [5.74, 6) is -0.211. The number of amides is 1. The quantitative estimate of drug-likeness (QED) is 0.653. The summed E-state index contributed by atoms with van der Waals surface area (Å²) in [4.78, 5) is 14.6. The van der Waals surface area contributed by atoms with Crippen LogP contribution >= 0.6 is 24.8 Å². The lowest BCUT2D eigenvalue weighted by atomic mass is 10.1. The van der Waals surface area contributed by atoms with E-state index >= 15 is 0 Å². The Morgan fingerprint density at radius 3 is 2.48 bits per heavy atom. The van der Waals surface area contributed by atoms with E-state index in [4.69, 9.17) is 5.73 Å². The summed E-state index contributed by atoms with van der Waals surface area (Å²) in [6.45, 7) is 1.86. The highest BCUT2D eigenvalue weighted by Gasteiger charge is 2.15. The van der Waals surface area contributed by atoms with Gasteiger partial charge >= 0.3 is 0 Å². The Morgan fingerprint density at radius 1 is 1.11 bits per heavy atom. The molecule has 3 rings (SSSR count). The molecule has 7 heteroatoms. The molecule has 27 heavy (non-hydrogen) atoms. The maximum atomic E-state index is 12.4. The highest BCUT2D eigenvalue weighted by Crippen LogP contribution is 2.22. The zero-order chi connectivity index (χ0) is 17.8. The van der Waals surface area contributed by atoms with Gasteiger partial charge < -0.3 is 20.5 Å². The van der Waals surface area contributed by atoms with Crippen LogP contribution in [0.5, 0.6) is 0 Å². The van der Waals surface area contributed by atoms with Crippen LogP contribution in [0.4, 0.5) is 5.69 Å². The highest BCUT2D eigenvalue weighted by atomic mass is 35.5. The molecule has 0 aliphatic rings. The number of halogens is 2. The molecule has 3 aromatic rings. The minimum atomic E-state index is -0.683. The first-order valence-corrected chi connectivity index (χ1v) is 8.39. The summed E-state index contributed by atoms with van der Waals surface area (Å²) in [7, 11) is 4.12. The number of nitrogens with zero attached hydrogens (tertiary/aromatic N) is 2. The molecule has 1 atom stereocenters. The van der Waals surface area contributed by atoms with Gasteiger partial charge in [-0.05, 0) is 43.2 Å². The third kappa shape index (κ3) is 5.71. The van der Waals surface area contributed by atoms with E-state index in [-0.39, 0.29) is 30.7 Å². The van der Waals surface area contributed by atoms with Gasteiger partial charge in [0.2, 0.25) is 5.91 Å². The maximum Gasteiger partial charge on any atom is 0.245 e. The Morgan fingerprint density at radius 2 is 1.81 bits per heavy atom. The van der Waals surface area contributed by atoms with Gasteiger partial charge in [0.25, 0.3) is 0 Å². The Kier molecular flexibility index (Phi) is 8.79. The van der Waals surface area contributed by atoms with Crippen molar-refractivity contribution in [3.05, 3.63) is 66.4 Å². The number of carbonyl (C=O) groups excluding carboxylic acids is 1. The van der Waals surface area contributed by atoms with Gasteiger partial charge in [-0.3, -0.25) is 4.79 Å². The number of rotatable bonds is 6. The predicted octanol–water partition coefficient (Wildman–Crippen LogP) is 3.69. The molecular formula is C20H26Cl2N4O. The number of nitrogens with two attached hydrogens (primary N) is 1. The fourth-order valence-corrected chi connectivity index (χ4v) is 2.80. The number of benzene rings is 2. The number of likely N-dealkylation sites (N-methyl/N-ethyl adjacent to an activating group) is 1. The van der Waals surface area contributed by atoms with Crippen molar-refractivity contribution in [1.82, 2.24) is 9.47 Å². The van der Waals surface area contributed by atoms with E-state index in [0.717, 1.165) is 35.2 Å². The number of aromatic nitrogens is 1. The second-order valence-corrected chi connectivity index (χ2v) is 6.46. The van der Waals surface area contributed by atoms with Crippen molar-refractivity contribution in [1.29, 1.82) is 0 Å². The summed E-state index contributed by atoms with van der Waals surface area (Å²) in [5, 5.41) is 4.08. The number of fused-ring (bicyclic) bond motifs is 1. The number of anilines is 1. The second kappa shape index (κ2) is 10.3. The van der Waals surface area contributed by atoms with Gasteiger partial charge in [-0.15, -0.1) is 24.8 Å². The van der Waals surface area contributed by atoms with Crippen molar-refractivity contribution >= 4 is 47.3 Å². The summed E-state index contributed by atoms with van der Waals surface area (Å²) >= 11 is 0. The van der Waals surface area contributed by atoms with Crippen LogP contribution in [0.25, 0.3) is 10.9 Å². The van der Waals surface area contributed by atoms with E-state index in [1.807, 2.05) is 48.5 Å². The molecule has 1 unspecified atom stereocenters. The molecule has 1 amide bonds. The third-order valence-corrected chi connectivity index (χ3v) is 4.27. The molecule has 0 spiro atoms. The van der Waals surface area contributed by atoms with E-state index in [1.54, 1.807) is 0 Å². The normalized spacial score (nSPS) is 11.6. The fourth-order valence-electron chi connectivity index (χ4n) is 2.80. The first-order valence-electron chi connectivity index (χ1n) is 8.39. The molecule has 0 aliphatic carbocycles. The summed E-state index contributed by atoms with van der Waals surface area (Å²) in [6.07, 6.45) is 2.08. The Bertz CT molecular complexity index is 865. The summed E-state index contributed by atoms with van der Waals surface area (Å²) in [6, 6.07) is 16.7. The van der Waals surface area contributed by atoms with Crippen LogP contribution in [0.3, 0.4) is 0 Å². The fraction of sp³-hybridized carbons (Fsp3) is 0.250. The summed E-state index contributed by atoms with van der Waals surface area (Å²) in [5.41, 5.74) is 8.73. The molecule has 1 heterocycles. The first-order chi connectivity index (χ1) is 12.0. The molecular weight excluding hydrogens is 383 g/mol. The molecule has 0 radical (unpaired) electrons. The van der Waals surface area contributed by atoms with Gasteiger partial charge in [-0.25, -0.2) is 0 Å². The third-order valence-electron chi connectivity index (χ3n) is 4.27. The molecule has 0 bridgehead atoms. The Hall–Kier alpha value is -2.05. The molecule has 1 aromatic heterocycles. The van der Waals surface area contributed by atoms with Crippen LogP contribution in [-0.2, 0) is 11.3 Å². The largest absolute Gasteiger partial charge is 0.346 e. The smallest absolute Gasteiger partial charge is 0.245 e. The van der Waals surface area contributed by atoms with Gasteiger partial charge in [0.15, 0.2) is 0 Å². The topological polar surface area (TPSA) is 63.3 Å². The molecule has 0 fully saturated rings. The summed E-state index contributed by atoms with van der Waals surface area (Å²) < 4.78 is 2.20. The monoisotopic (exact) mass is 408 g/mol. The highest BCUT2D eigenvalue weighted by molar-refractivity contribution is 5.97. The molecule has 2 aromatic carbocycles. The molecule has 3 N–H and O–H groups in total. The molecule has 146 valence electrons. The van der Waals surface area contributed by atoms with E-state index in [1.165, 1.54) is 0 Å². The van der Waals surface area contributed by atoms with Crippen molar-refractivity contribution in [3.63, 3.8) is 0 Å². The van der Waals surface area contributed by atoms with Crippen molar-refractivity contribution in [3.8, 4) is 0 Å². The Balaban J connectivity index is 0.00000182. The van der Waals surface area contributed by atoms with Crippen LogP contribution in [-0.4, -0.2) is 36.0 Å². The number of carbonyl (C=O) groups is 1. The lowest BCUT2D eigenvalue weighted by molar-refractivity contribution is -0.117. The molecule has 0 aliphatic heterocycles. The standard InChI is InChI=1S/C20H24N4O.2ClH/c1-23(2)12-13-24-11-10-15-8-9-17(14-18(15)24)22-20(25)19(21)16-6-4-3-5-7-16;;/h3-11,14,19H,12-13,21H2,1-2H3,(H,22,25);2*1H. The maximum absolute atomic E-state index is 12.4. The minimum Gasteiger partial charge on any atom is -0.346 e. The molecule has 0 saturated carbocycles. The van der Waals surface area contributed by atoms with Crippen LogP contribution in [0, 0.1) is 0 Å². The lowest BCUT2D eigenvalue weighted by Gasteiger charge is -2.14. The number of hydrogen-bond acceptors (Lipinski definition) is 3. The van der Waals surface area contributed by atoms with Crippen LogP contribution in [0.15, 0.2) is 60.8 Å². The van der Waals surface area contributed by atoms with E-state index in [9.17, 15) is 4.79 Å². The van der Waals surface area contributed by atoms with Crippen LogP contribution in [0.2, 0.25) is 0 Å². The van der Waals surface area contributed by atoms with E-state index < -0.39 is 6.04 Å². The zero-order valence-corrected chi connectivity index (χ0v) is 17.1. The SMILES string of the molecule is CN(C)CCn1ccc2ccc(NC(=O)C(N)c3ccccc3)cc21.Cl.Cl. The van der Waals surface area contributed by atoms with Crippen molar-refractivity contribution in [2.45, 2.75) is 12.6 Å². The second-order valence-electron chi connectivity index (χ2n) is 6.46. The van der Waals surface area contributed by atoms with Crippen LogP contribution in [0.1, 0.15) is 11.6 Å². The Labute approximate surface area is 172 Å². The number of nitrogens with one attached hydrogen (secondary N) is 1. The average Bonchev–Trinajstić information content (AvgIpc) is 3.02. The zero-order valence-electron chi connectivity index (χ0n) is 15.5. The van der Waals surface area contributed by atoms with Gasteiger partial charge in [-0.1, -0.05) is 36.4 Å². The number of hydrogen-bond donors (Lipinski definition) is 2. The van der Waals surface area contributed by atoms with Gasteiger partial charge in [0.05, 0.1) is 5.52 Å². The van der Waals surface area contributed by atoms with E-state index in [0.29, 0.717) is 0 Å². The van der Waals surface area contributed by atoms with Crippen molar-refractivity contribution < 1.29 is 4.79 Å². The minimum absolute atomic E-state index is 0. The molecule has 5 nitrogen and oxygen atoms in total. The van der Waals surface area contributed by atoms with Crippen molar-refractivity contribution in [2.75, 3.05) is 26.0 Å².